The average Bonchev–Trinajstić information content (AvgIpc) is 3.17. The van der Waals surface area contributed by atoms with Crippen LogP contribution in [0, 0.1) is 11.3 Å². The smallest absolute Gasteiger partial charge is 0.266 e. The first-order chi connectivity index (χ1) is 13.2. The monoisotopic (exact) mass is 357 g/mol. The Morgan fingerprint density at radius 1 is 1.15 bits per heavy atom. The van der Waals surface area contributed by atoms with E-state index in [0.29, 0.717) is 23.9 Å². The van der Waals surface area contributed by atoms with E-state index < -0.39 is 5.56 Å². The SMILES string of the molecule is N#Cc1cc2c(=O)n(CCc3cnn(-c4ccccc4)c3)ccc2[nH]c1=O. The fourth-order valence-electron chi connectivity index (χ4n) is 2.96. The van der Waals surface area contributed by atoms with Crippen LogP contribution < -0.4 is 11.1 Å². The molecule has 4 aromatic rings. The first kappa shape index (κ1) is 16.5. The molecule has 3 heterocycles. The number of nitrogens with one attached hydrogen (secondary N) is 1. The van der Waals surface area contributed by atoms with Crippen molar-refractivity contribution in [1.82, 2.24) is 19.3 Å². The summed E-state index contributed by atoms with van der Waals surface area (Å²) in [6.45, 7) is 0.469. The number of benzene rings is 1. The minimum absolute atomic E-state index is 0.0681. The third-order valence-electron chi connectivity index (χ3n) is 4.40. The molecule has 7 nitrogen and oxygen atoms in total. The third kappa shape index (κ3) is 3.16. The molecule has 1 N–H and O–H groups in total. The highest BCUT2D eigenvalue weighted by Gasteiger charge is 2.08. The molecule has 0 fully saturated rings. The van der Waals surface area contributed by atoms with Gasteiger partial charge in [0.15, 0.2) is 0 Å². The lowest BCUT2D eigenvalue weighted by atomic mass is 10.2. The highest BCUT2D eigenvalue weighted by molar-refractivity contribution is 5.78. The largest absolute Gasteiger partial charge is 0.321 e. The van der Waals surface area contributed by atoms with Gasteiger partial charge in [0.05, 0.1) is 22.8 Å². The number of nitrogens with zero attached hydrogens (tertiary/aromatic N) is 4. The number of pyridine rings is 2. The van der Waals surface area contributed by atoms with Crippen LogP contribution in [-0.2, 0) is 13.0 Å². The van der Waals surface area contributed by atoms with E-state index >= 15 is 0 Å². The molecule has 27 heavy (non-hydrogen) atoms. The summed E-state index contributed by atoms with van der Waals surface area (Å²) < 4.78 is 3.37. The fraction of sp³-hybridized carbons (Fsp3) is 0.100. The molecule has 0 bridgehead atoms. The second kappa shape index (κ2) is 6.77. The maximum Gasteiger partial charge on any atom is 0.266 e. The average molecular weight is 357 g/mol. The number of para-hydroxylation sites is 1. The van der Waals surface area contributed by atoms with E-state index in [1.807, 2.05) is 42.6 Å². The van der Waals surface area contributed by atoms with E-state index in [9.17, 15) is 9.59 Å². The summed E-state index contributed by atoms with van der Waals surface area (Å²) in [5.74, 6) is 0. The molecule has 0 amide bonds. The Morgan fingerprint density at radius 2 is 1.96 bits per heavy atom. The van der Waals surface area contributed by atoms with Gasteiger partial charge in [-0.25, -0.2) is 4.68 Å². The number of fused-ring (bicyclic) bond motifs is 1. The number of nitriles is 1. The van der Waals surface area contributed by atoms with E-state index in [1.165, 1.54) is 6.07 Å². The number of aromatic nitrogens is 4. The molecule has 1 aromatic carbocycles. The Kier molecular flexibility index (Phi) is 4.15. The van der Waals surface area contributed by atoms with Crippen molar-refractivity contribution in [2.24, 2.45) is 0 Å². The van der Waals surface area contributed by atoms with Crippen LogP contribution in [0.5, 0.6) is 0 Å². The highest BCUT2D eigenvalue weighted by atomic mass is 16.1. The number of H-pyrrole nitrogens is 1. The maximum atomic E-state index is 12.7. The van der Waals surface area contributed by atoms with Crippen LogP contribution in [0.25, 0.3) is 16.6 Å². The van der Waals surface area contributed by atoms with Crippen molar-refractivity contribution < 1.29 is 0 Å². The van der Waals surface area contributed by atoms with Gasteiger partial charge < -0.3 is 9.55 Å². The van der Waals surface area contributed by atoms with E-state index in [-0.39, 0.29) is 11.1 Å². The first-order valence-corrected chi connectivity index (χ1v) is 8.41. The quantitative estimate of drug-likeness (QED) is 0.604. The molecule has 3 aromatic heterocycles. The lowest BCUT2D eigenvalue weighted by molar-refractivity contribution is 0.674. The van der Waals surface area contributed by atoms with E-state index in [0.717, 1.165) is 11.3 Å². The van der Waals surface area contributed by atoms with Gasteiger partial charge in [-0.3, -0.25) is 9.59 Å². The van der Waals surface area contributed by atoms with Crippen molar-refractivity contribution >= 4 is 10.9 Å². The van der Waals surface area contributed by atoms with Crippen molar-refractivity contribution in [2.45, 2.75) is 13.0 Å². The van der Waals surface area contributed by atoms with E-state index in [1.54, 1.807) is 27.7 Å². The summed E-state index contributed by atoms with van der Waals surface area (Å²) >= 11 is 0. The fourth-order valence-corrected chi connectivity index (χ4v) is 2.96. The van der Waals surface area contributed by atoms with Gasteiger partial charge in [0.25, 0.3) is 11.1 Å². The van der Waals surface area contributed by atoms with Gasteiger partial charge in [0, 0.05) is 18.9 Å². The Morgan fingerprint density at radius 3 is 2.74 bits per heavy atom. The minimum atomic E-state index is -0.490. The maximum absolute atomic E-state index is 12.7. The molecule has 0 atom stereocenters. The molecular formula is C20H15N5O2. The molecular weight excluding hydrogens is 342 g/mol. The van der Waals surface area contributed by atoms with Gasteiger partial charge in [0.1, 0.15) is 11.6 Å². The predicted octanol–water partition coefficient (Wildman–Crippen LogP) is 1.99. The summed E-state index contributed by atoms with van der Waals surface area (Å²) in [6.07, 6.45) is 6.00. The molecule has 0 saturated carbocycles. The van der Waals surface area contributed by atoms with Gasteiger partial charge in [0.2, 0.25) is 0 Å². The second-order valence-electron chi connectivity index (χ2n) is 6.14. The van der Waals surface area contributed by atoms with Crippen LogP contribution in [0.3, 0.4) is 0 Å². The molecule has 0 aliphatic rings. The number of hydrogen-bond donors (Lipinski definition) is 1. The van der Waals surface area contributed by atoms with Crippen LogP contribution in [-0.4, -0.2) is 19.3 Å². The molecule has 0 radical (unpaired) electrons. The third-order valence-corrected chi connectivity index (χ3v) is 4.40. The zero-order valence-corrected chi connectivity index (χ0v) is 14.3. The Labute approximate surface area is 153 Å². The molecule has 0 saturated heterocycles. The molecule has 0 aliphatic heterocycles. The number of hydrogen-bond acceptors (Lipinski definition) is 4. The van der Waals surface area contributed by atoms with Crippen molar-refractivity contribution in [2.75, 3.05) is 0 Å². The summed E-state index contributed by atoms with van der Waals surface area (Å²) in [4.78, 5) is 26.9. The molecule has 7 heteroatoms. The topological polar surface area (TPSA) is 96.5 Å². The molecule has 0 unspecified atom stereocenters. The summed E-state index contributed by atoms with van der Waals surface area (Å²) in [5, 5.41) is 13.7. The van der Waals surface area contributed by atoms with Crippen molar-refractivity contribution in [1.29, 1.82) is 5.26 Å². The molecule has 0 aliphatic carbocycles. The molecule has 132 valence electrons. The van der Waals surface area contributed by atoms with E-state index in [4.69, 9.17) is 5.26 Å². The van der Waals surface area contributed by atoms with E-state index in [2.05, 4.69) is 10.1 Å². The second-order valence-corrected chi connectivity index (χ2v) is 6.14. The van der Waals surface area contributed by atoms with Crippen LogP contribution in [0.15, 0.2) is 70.6 Å². The van der Waals surface area contributed by atoms with Gasteiger partial charge in [-0.1, -0.05) is 18.2 Å². The Balaban J connectivity index is 1.59. The summed E-state index contributed by atoms with van der Waals surface area (Å²) in [7, 11) is 0. The molecule has 0 spiro atoms. The number of rotatable bonds is 4. The van der Waals surface area contributed by atoms with Gasteiger partial charge in [-0.2, -0.15) is 10.4 Å². The Bertz CT molecular complexity index is 1280. The van der Waals surface area contributed by atoms with Crippen molar-refractivity contribution in [3.05, 3.63) is 92.9 Å². The first-order valence-electron chi connectivity index (χ1n) is 8.41. The number of aromatic amines is 1. The standard InChI is InChI=1S/C20H15N5O2/c21-11-15-10-17-18(23-19(15)26)7-9-24(20(17)27)8-6-14-12-22-25(13-14)16-4-2-1-3-5-16/h1-5,7,9-10,12-13H,6,8H2,(H,23,26). The normalized spacial score (nSPS) is 10.8. The van der Waals surface area contributed by atoms with Crippen LogP contribution in [0.2, 0.25) is 0 Å². The summed E-state index contributed by atoms with van der Waals surface area (Å²) in [6, 6.07) is 14.6. The lowest BCUT2D eigenvalue weighted by Gasteiger charge is -2.06. The predicted molar refractivity (Wildman–Crippen MR) is 101 cm³/mol. The number of aryl methyl sites for hydroxylation is 2. The summed E-state index contributed by atoms with van der Waals surface area (Å²) in [5.41, 5.74) is 1.61. The highest BCUT2D eigenvalue weighted by Crippen LogP contribution is 2.10. The van der Waals surface area contributed by atoms with Crippen LogP contribution in [0.1, 0.15) is 11.1 Å². The van der Waals surface area contributed by atoms with Gasteiger partial charge in [-0.15, -0.1) is 0 Å². The van der Waals surface area contributed by atoms with Crippen LogP contribution in [0.4, 0.5) is 0 Å². The Hall–Kier alpha value is -3.92. The zero-order chi connectivity index (χ0) is 18.8. The molecule has 4 rings (SSSR count). The van der Waals surface area contributed by atoms with Crippen molar-refractivity contribution in [3.8, 4) is 11.8 Å². The zero-order valence-electron chi connectivity index (χ0n) is 14.3. The van der Waals surface area contributed by atoms with Gasteiger partial charge >= 0.3 is 0 Å². The van der Waals surface area contributed by atoms with Crippen LogP contribution >= 0.6 is 0 Å². The minimum Gasteiger partial charge on any atom is -0.321 e. The van der Waals surface area contributed by atoms with Gasteiger partial charge in [-0.05, 0) is 36.2 Å². The lowest BCUT2D eigenvalue weighted by Crippen LogP contribution is -2.22. The van der Waals surface area contributed by atoms with Crippen molar-refractivity contribution in [3.63, 3.8) is 0 Å².